The average Bonchev–Trinajstić information content (AvgIpc) is 2.66. The van der Waals surface area contributed by atoms with Crippen LogP contribution in [0.15, 0.2) is 0 Å². The third-order valence-electron chi connectivity index (χ3n) is 3.86. The molecular weight excluding hydrogens is 188 g/mol. The van der Waals surface area contributed by atoms with Gasteiger partial charge in [0.05, 0.1) is 6.10 Å². The standard InChI is InChI=1S/C12H24N2O/c1-3-14-7-4-11(5-8-14)13-12-6-9-15-10(12)2/h10-13H,3-9H2,1-2H3. The third-order valence-corrected chi connectivity index (χ3v) is 3.86. The van der Waals surface area contributed by atoms with E-state index in [-0.39, 0.29) is 0 Å². The monoisotopic (exact) mass is 212 g/mol. The summed E-state index contributed by atoms with van der Waals surface area (Å²) < 4.78 is 5.58. The van der Waals surface area contributed by atoms with E-state index in [4.69, 9.17) is 4.74 Å². The maximum atomic E-state index is 5.58. The van der Waals surface area contributed by atoms with Gasteiger partial charge in [-0.15, -0.1) is 0 Å². The molecule has 0 amide bonds. The first-order chi connectivity index (χ1) is 7.29. The summed E-state index contributed by atoms with van der Waals surface area (Å²) in [5.41, 5.74) is 0. The molecule has 2 rings (SSSR count). The second-order valence-electron chi connectivity index (χ2n) is 4.85. The van der Waals surface area contributed by atoms with Crippen LogP contribution in [0.3, 0.4) is 0 Å². The van der Waals surface area contributed by atoms with E-state index < -0.39 is 0 Å². The molecule has 0 aromatic carbocycles. The van der Waals surface area contributed by atoms with Crippen LogP contribution in [0.1, 0.15) is 33.1 Å². The van der Waals surface area contributed by atoms with Crippen molar-refractivity contribution < 1.29 is 4.74 Å². The smallest absolute Gasteiger partial charge is 0.0700 e. The Kier molecular flexibility index (Phi) is 4.00. The average molecular weight is 212 g/mol. The number of hydrogen-bond donors (Lipinski definition) is 1. The molecule has 3 heteroatoms. The van der Waals surface area contributed by atoms with Gasteiger partial charge in [0.25, 0.3) is 0 Å². The second-order valence-corrected chi connectivity index (χ2v) is 4.85. The minimum Gasteiger partial charge on any atom is -0.377 e. The first kappa shape index (κ1) is 11.4. The van der Waals surface area contributed by atoms with Crippen LogP contribution in [0.4, 0.5) is 0 Å². The van der Waals surface area contributed by atoms with Gasteiger partial charge in [-0.25, -0.2) is 0 Å². The van der Waals surface area contributed by atoms with Crippen LogP contribution in [-0.2, 0) is 4.74 Å². The number of nitrogens with zero attached hydrogens (tertiary/aromatic N) is 1. The minimum absolute atomic E-state index is 0.411. The zero-order chi connectivity index (χ0) is 10.7. The highest BCUT2D eigenvalue weighted by molar-refractivity contribution is 4.85. The molecule has 0 aliphatic carbocycles. The Morgan fingerprint density at radius 1 is 1.27 bits per heavy atom. The molecule has 2 aliphatic rings. The van der Waals surface area contributed by atoms with Crippen molar-refractivity contribution >= 4 is 0 Å². The maximum Gasteiger partial charge on any atom is 0.0700 e. The lowest BCUT2D eigenvalue weighted by Gasteiger charge is -2.33. The molecule has 0 spiro atoms. The fraction of sp³-hybridized carbons (Fsp3) is 1.00. The van der Waals surface area contributed by atoms with Crippen molar-refractivity contribution in [2.45, 2.75) is 51.3 Å². The lowest BCUT2D eigenvalue weighted by Crippen LogP contribution is -2.47. The molecule has 0 bridgehead atoms. The van der Waals surface area contributed by atoms with Gasteiger partial charge in [0.1, 0.15) is 0 Å². The van der Waals surface area contributed by atoms with E-state index in [1.165, 1.54) is 38.9 Å². The van der Waals surface area contributed by atoms with Gasteiger partial charge in [0, 0.05) is 18.7 Å². The molecule has 2 aliphatic heterocycles. The fourth-order valence-electron chi connectivity index (χ4n) is 2.67. The van der Waals surface area contributed by atoms with E-state index in [9.17, 15) is 0 Å². The number of likely N-dealkylation sites (tertiary alicyclic amines) is 1. The molecule has 0 aromatic heterocycles. The molecule has 2 atom stereocenters. The van der Waals surface area contributed by atoms with Crippen LogP contribution in [-0.4, -0.2) is 49.3 Å². The van der Waals surface area contributed by atoms with Crippen LogP contribution in [0.25, 0.3) is 0 Å². The predicted octanol–water partition coefficient (Wildman–Crippen LogP) is 1.24. The SMILES string of the molecule is CCN1CCC(NC2CCOC2C)CC1. The van der Waals surface area contributed by atoms with Crippen molar-refractivity contribution in [3.63, 3.8) is 0 Å². The molecule has 3 nitrogen and oxygen atoms in total. The third kappa shape index (κ3) is 2.92. The molecule has 15 heavy (non-hydrogen) atoms. The molecule has 0 aromatic rings. The van der Waals surface area contributed by atoms with E-state index in [1.807, 2.05) is 0 Å². The number of ether oxygens (including phenoxy) is 1. The van der Waals surface area contributed by atoms with Crippen LogP contribution >= 0.6 is 0 Å². The minimum atomic E-state index is 0.411. The second kappa shape index (κ2) is 5.28. The van der Waals surface area contributed by atoms with Crippen molar-refractivity contribution in [3.8, 4) is 0 Å². The lowest BCUT2D eigenvalue weighted by atomic mass is 10.0. The van der Waals surface area contributed by atoms with Crippen molar-refractivity contribution in [2.75, 3.05) is 26.2 Å². The number of nitrogens with one attached hydrogen (secondary N) is 1. The Balaban J connectivity index is 1.72. The summed E-state index contributed by atoms with van der Waals surface area (Å²) in [6, 6.07) is 1.32. The highest BCUT2D eigenvalue weighted by atomic mass is 16.5. The highest BCUT2D eigenvalue weighted by Crippen LogP contribution is 2.17. The van der Waals surface area contributed by atoms with Gasteiger partial charge in [-0.1, -0.05) is 6.92 Å². The van der Waals surface area contributed by atoms with E-state index in [1.54, 1.807) is 0 Å². The first-order valence-electron chi connectivity index (χ1n) is 6.39. The normalized spacial score (nSPS) is 34.8. The molecule has 2 fully saturated rings. The lowest BCUT2D eigenvalue weighted by molar-refractivity contribution is 0.106. The van der Waals surface area contributed by atoms with Gasteiger partial charge in [-0.2, -0.15) is 0 Å². The summed E-state index contributed by atoms with van der Waals surface area (Å²) in [6.45, 7) is 9.10. The van der Waals surface area contributed by atoms with Crippen molar-refractivity contribution in [1.82, 2.24) is 10.2 Å². The van der Waals surface area contributed by atoms with E-state index in [0.29, 0.717) is 12.1 Å². The van der Waals surface area contributed by atoms with Crippen molar-refractivity contribution in [3.05, 3.63) is 0 Å². The fourth-order valence-corrected chi connectivity index (χ4v) is 2.67. The van der Waals surface area contributed by atoms with Gasteiger partial charge < -0.3 is 15.0 Å². The predicted molar refractivity (Wildman–Crippen MR) is 62.1 cm³/mol. The molecular formula is C12H24N2O. The number of piperidine rings is 1. The van der Waals surface area contributed by atoms with Gasteiger partial charge in [0.15, 0.2) is 0 Å². The first-order valence-corrected chi connectivity index (χ1v) is 6.39. The molecule has 2 unspecified atom stereocenters. The number of hydrogen-bond acceptors (Lipinski definition) is 3. The molecule has 2 saturated heterocycles. The zero-order valence-corrected chi connectivity index (χ0v) is 10.0. The Morgan fingerprint density at radius 2 is 2.00 bits per heavy atom. The van der Waals surface area contributed by atoms with Crippen LogP contribution in [0.2, 0.25) is 0 Å². The Labute approximate surface area is 93.2 Å². The summed E-state index contributed by atoms with van der Waals surface area (Å²) in [5.74, 6) is 0. The van der Waals surface area contributed by atoms with Gasteiger partial charge in [-0.05, 0) is 45.8 Å². The Hall–Kier alpha value is -0.120. The van der Waals surface area contributed by atoms with Crippen molar-refractivity contribution in [1.29, 1.82) is 0 Å². The summed E-state index contributed by atoms with van der Waals surface area (Å²) in [4.78, 5) is 2.53. The largest absolute Gasteiger partial charge is 0.377 e. The quantitative estimate of drug-likeness (QED) is 0.762. The van der Waals surface area contributed by atoms with Gasteiger partial charge in [-0.3, -0.25) is 0 Å². The molecule has 1 N–H and O–H groups in total. The summed E-state index contributed by atoms with van der Waals surface area (Å²) in [6.07, 6.45) is 4.21. The van der Waals surface area contributed by atoms with E-state index >= 15 is 0 Å². The Bertz CT molecular complexity index is 190. The topological polar surface area (TPSA) is 24.5 Å². The summed E-state index contributed by atoms with van der Waals surface area (Å²) in [5, 5.41) is 3.76. The summed E-state index contributed by atoms with van der Waals surface area (Å²) in [7, 11) is 0. The van der Waals surface area contributed by atoms with Crippen LogP contribution in [0, 0.1) is 0 Å². The van der Waals surface area contributed by atoms with Crippen molar-refractivity contribution in [2.24, 2.45) is 0 Å². The highest BCUT2D eigenvalue weighted by Gasteiger charge is 2.27. The maximum absolute atomic E-state index is 5.58. The summed E-state index contributed by atoms with van der Waals surface area (Å²) >= 11 is 0. The van der Waals surface area contributed by atoms with E-state index in [0.717, 1.165) is 12.6 Å². The molecule has 0 radical (unpaired) electrons. The zero-order valence-electron chi connectivity index (χ0n) is 10.0. The van der Waals surface area contributed by atoms with Crippen LogP contribution in [0.5, 0.6) is 0 Å². The number of rotatable bonds is 3. The Morgan fingerprint density at radius 3 is 2.53 bits per heavy atom. The van der Waals surface area contributed by atoms with Crippen LogP contribution < -0.4 is 5.32 Å². The molecule has 2 heterocycles. The van der Waals surface area contributed by atoms with Gasteiger partial charge >= 0.3 is 0 Å². The van der Waals surface area contributed by atoms with Gasteiger partial charge in [0.2, 0.25) is 0 Å². The molecule has 0 saturated carbocycles. The molecule has 88 valence electrons. The van der Waals surface area contributed by atoms with E-state index in [2.05, 4.69) is 24.1 Å².